The summed E-state index contributed by atoms with van der Waals surface area (Å²) in [5.74, 6) is -0.199. The minimum Gasteiger partial charge on any atom is -0.458 e. The van der Waals surface area contributed by atoms with E-state index in [1.54, 1.807) is 6.08 Å². The second-order valence-corrected chi connectivity index (χ2v) is 5.44. The van der Waals surface area contributed by atoms with Gasteiger partial charge in [-0.05, 0) is 43.3 Å². The van der Waals surface area contributed by atoms with E-state index >= 15 is 0 Å². The number of cyclic esters (lactones) is 1. The summed E-state index contributed by atoms with van der Waals surface area (Å²) >= 11 is 0. The predicted molar refractivity (Wildman–Crippen MR) is 77.8 cm³/mol. The van der Waals surface area contributed by atoms with E-state index in [0.717, 1.165) is 12.0 Å². The highest BCUT2D eigenvalue weighted by Gasteiger charge is 2.15. The first-order chi connectivity index (χ1) is 9.29. The monoisotopic (exact) mass is 260 g/mol. The molecule has 2 nitrogen and oxygen atoms in total. The summed E-state index contributed by atoms with van der Waals surface area (Å²) in [5.41, 5.74) is 3.77. The summed E-state index contributed by atoms with van der Waals surface area (Å²) in [6, 6.07) is 0. The van der Waals surface area contributed by atoms with E-state index in [9.17, 15) is 4.79 Å². The summed E-state index contributed by atoms with van der Waals surface area (Å²) in [6.45, 7) is 2.64. The first-order valence-corrected chi connectivity index (χ1v) is 7.57. The van der Waals surface area contributed by atoms with Crippen molar-refractivity contribution in [2.24, 2.45) is 0 Å². The molecule has 0 amide bonds. The smallest absolute Gasteiger partial charge is 0.331 e. The van der Waals surface area contributed by atoms with Gasteiger partial charge in [-0.1, -0.05) is 43.9 Å². The fraction of sp³-hybridized carbons (Fsp3) is 0.588. The van der Waals surface area contributed by atoms with Crippen LogP contribution in [0.15, 0.2) is 34.9 Å². The molecule has 0 aromatic rings. The Morgan fingerprint density at radius 3 is 2.79 bits per heavy atom. The fourth-order valence-corrected chi connectivity index (χ4v) is 2.66. The van der Waals surface area contributed by atoms with Crippen LogP contribution in [0.2, 0.25) is 0 Å². The minimum atomic E-state index is -0.199. The Morgan fingerprint density at radius 1 is 1.26 bits per heavy atom. The largest absolute Gasteiger partial charge is 0.458 e. The average molecular weight is 260 g/mol. The molecule has 104 valence electrons. The van der Waals surface area contributed by atoms with Crippen LogP contribution in [0.5, 0.6) is 0 Å². The van der Waals surface area contributed by atoms with Crippen molar-refractivity contribution in [2.45, 2.75) is 58.3 Å². The summed E-state index contributed by atoms with van der Waals surface area (Å²) in [6.07, 6.45) is 15.9. The number of ether oxygens (including phenoxy) is 1. The van der Waals surface area contributed by atoms with Crippen LogP contribution in [0.3, 0.4) is 0 Å². The standard InChI is InChI=1S/C17H24O2/c1-2-3-5-10-15-13-19-17(18)12-16(15)11-14-8-6-4-7-9-14/h10-12H,2-9,13H2,1H3/b15-10+. The normalized spacial score (nSPS) is 22.2. The minimum absolute atomic E-state index is 0.199. The van der Waals surface area contributed by atoms with Crippen molar-refractivity contribution >= 4 is 5.97 Å². The number of esters is 1. The van der Waals surface area contributed by atoms with Gasteiger partial charge in [-0.15, -0.1) is 0 Å². The van der Waals surface area contributed by atoms with Crippen LogP contribution < -0.4 is 0 Å². The maximum atomic E-state index is 11.4. The van der Waals surface area contributed by atoms with Crippen LogP contribution in [-0.4, -0.2) is 12.6 Å². The molecule has 1 aliphatic heterocycles. The van der Waals surface area contributed by atoms with Crippen LogP contribution in [0.1, 0.15) is 58.3 Å². The Bertz CT molecular complexity index is 405. The number of unbranched alkanes of at least 4 members (excludes halogenated alkanes) is 2. The Labute approximate surface area is 116 Å². The molecule has 1 heterocycles. The third-order valence-corrected chi connectivity index (χ3v) is 3.82. The van der Waals surface area contributed by atoms with Crippen LogP contribution >= 0.6 is 0 Å². The van der Waals surface area contributed by atoms with Gasteiger partial charge in [-0.25, -0.2) is 4.79 Å². The van der Waals surface area contributed by atoms with Gasteiger partial charge in [0.1, 0.15) is 6.61 Å². The van der Waals surface area contributed by atoms with Crippen molar-refractivity contribution in [3.05, 3.63) is 34.9 Å². The number of hydrogen-bond acceptors (Lipinski definition) is 2. The highest BCUT2D eigenvalue weighted by Crippen LogP contribution is 2.27. The zero-order valence-electron chi connectivity index (χ0n) is 11.9. The molecule has 1 fully saturated rings. The summed E-state index contributed by atoms with van der Waals surface area (Å²) in [4.78, 5) is 11.4. The molecule has 0 unspecified atom stereocenters. The second kappa shape index (κ2) is 7.32. The predicted octanol–water partition coefficient (Wildman–Crippen LogP) is 4.48. The van der Waals surface area contributed by atoms with Crippen molar-refractivity contribution < 1.29 is 9.53 Å². The highest BCUT2D eigenvalue weighted by atomic mass is 16.5. The van der Waals surface area contributed by atoms with Gasteiger partial charge < -0.3 is 4.74 Å². The van der Waals surface area contributed by atoms with Gasteiger partial charge in [0.15, 0.2) is 0 Å². The lowest BCUT2D eigenvalue weighted by Gasteiger charge is -2.18. The molecule has 0 spiro atoms. The van der Waals surface area contributed by atoms with E-state index in [0.29, 0.717) is 6.61 Å². The molecular formula is C17H24O2. The molecule has 0 atom stereocenters. The zero-order valence-corrected chi connectivity index (χ0v) is 11.9. The maximum Gasteiger partial charge on any atom is 0.331 e. The van der Waals surface area contributed by atoms with Crippen LogP contribution in [0.25, 0.3) is 0 Å². The van der Waals surface area contributed by atoms with Gasteiger partial charge >= 0.3 is 5.97 Å². The van der Waals surface area contributed by atoms with Crippen molar-refractivity contribution in [1.29, 1.82) is 0 Å². The second-order valence-electron chi connectivity index (χ2n) is 5.44. The first-order valence-electron chi connectivity index (χ1n) is 7.57. The molecule has 19 heavy (non-hydrogen) atoms. The lowest BCUT2D eigenvalue weighted by atomic mass is 9.91. The van der Waals surface area contributed by atoms with Crippen molar-refractivity contribution in [3.8, 4) is 0 Å². The van der Waals surface area contributed by atoms with E-state index < -0.39 is 0 Å². The number of allylic oxidation sites excluding steroid dienone is 3. The molecule has 0 saturated heterocycles. The van der Waals surface area contributed by atoms with E-state index in [1.165, 1.54) is 56.1 Å². The van der Waals surface area contributed by atoms with Gasteiger partial charge in [-0.3, -0.25) is 0 Å². The molecule has 0 N–H and O–H groups in total. The first kappa shape index (κ1) is 14.1. The van der Waals surface area contributed by atoms with Crippen molar-refractivity contribution in [3.63, 3.8) is 0 Å². The number of hydrogen-bond donors (Lipinski definition) is 0. The van der Waals surface area contributed by atoms with E-state index in [4.69, 9.17) is 4.74 Å². The van der Waals surface area contributed by atoms with Gasteiger partial charge in [0, 0.05) is 6.08 Å². The summed E-state index contributed by atoms with van der Waals surface area (Å²) in [7, 11) is 0. The van der Waals surface area contributed by atoms with Crippen LogP contribution in [-0.2, 0) is 9.53 Å². The summed E-state index contributed by atoms with van der Waals surface area (Å²) in [5, 5.41) is 0. The Kier molecular flexibility index (Phi) is 5.44. The number of carbonyl (C=O) groups is 1. The molecule has 2 aliphatic rings. The Balaban J connectivity index is 2.12. The molecule has 1 saturated carbocycles. The Morgan fingerprint density at radius 2 is 2.05 bits per heavy atom. The van der Waals surface area contributed by atoms with Crippen molar-refractivity contribution in [2.75, 3.05) is 6.61 Å². The van der Waals surface area contributed by atoms with E-state index in [1.807, 2.05) is 0 Å². The molecule has 1 aliphatic carbocycles. The van der Waals surface area contributed by atoms with Crippen LogP contribution in [0.4, 0.5) is 0 Å². The quantitative estimate of drug-likeness (QED) is 0.550. The SMILES string of the molecule is CCCC/C=C1\COC(=O)C=C1C=C1CCCCC1. The molecular weight excluding hydrogens is 236 g/mol. The lowest BCUT2D eigenvalue weighted by molar-refractivity contribution is -0.137. The zero-order chi connectivity index (χ0) is 13.5. The van der Waals surface area contributed by atoms with Gasteiger partial charge in [0.2, 0.25) is 0 Å². The lowest BCUT2D eigenvalue weighted by Crippen LogP contribution is -2.13. The third-order valence-electron chi connectivity index (χ3n) is 3.82. The molecule has 2 heteroatoms. The average Bonchev–Trinajstić information content (AvgIpc) is 2.43. The Hall–Kier alpha value is -1.31. The fourth-order valence-electron chi connectivity index (χ4n) is 2.66. The molecule has 0 aromatic carbocycles. The van der Waals surface area contributed by atoms with Crippen LogP contribution in [0, 0.1) is 0 Å². The van der Waals surface area contributed by atoms with Crippen molar-refractivity contribution in [1.82, 2.24) is 0 Å². The maximum absolute atomic E-state index is 11.4. The van der Waals surface area contributed by atoms with Gasteiger partial charge in [0.25, 0.3) is 0 Å². The molecule has 0 aromatic heterocycles. The summed E-state index contributed by atoms with van der Waals surface area (Å²) < 4.78 is 5.13. The van der Waals surface area contributed by atoms with E-state index in [2.05, 4.69) is 19.1 Å². The van der Waals surface area contributed by atoms with Gasteiger partial charge in [-0.2, -0.15) is 0 Å². The highest BCUT2D eigenvalue weighted by molar-refractivity contribution is 5.86. The number of rotatable bonds is 4. The third kappa shape index (κ3) is 4.38. The van der Waals surface area contributed by atoms with Gasteiger partial charge in [0.05, 0.1) is 0 Å². The topological polar surface area (TPSA) is 26.3 Å². The molecule has 0 bridgehead atoms. The molecule has 2 rings (SSSR count). The number of carbonyl (C=O) groups excluding carboxylic acids is 1. The molecule has 0 radical (unpaired) electrons. The van der Waals surface area contributed by atoms with E-state index in [-0.39, 0.29) is 5.97 Å².